The zero-order chi connectivity index (χ0) is 11.5. The second kappa shape index (κ2) is 4.68. The first-order valence-corrected chi connectivity index (χ1v) is 5.97. The van der Waals surface area contributed by atoms with Gasteiger partial charge in [0.25, 0.3) is 5.56 Å². The maximum absolute atomic E-state index is 11.6. The van der Waals surface area contributed by atoms with Crippen LogP contribution in [0.15, 0.2) is 17.2 Å². The van der Waals surface area contributed by atoms with Crippen molar-refractivity contribution in [2.75, 3.05) is 18.0 Å². The summed E-state index contributed by atoms with van der Waals surface area (Å²) in [7, 11) is 0. The fourth-order valence-electron chi connectivity index (χ4n) is 2.35. The molecule has 0 aromatic carbocycles. The Balaban J connectivity index is 2.05. The number of nitrogens with zero attached hydrogens (tertiary/aromatic N) is 2. The molecular weight excluding hydrogens is 202 g/mol. The standard InChI is InChI=1S/C12H19N3O/c1-9(2)10-3-7-15(8-4-10)11-12(16)14-6-5-13-11/h5-6,9-10H,3-4,7-8H2,1-2H3,(H,14,16). The van der Waals surface area contributed by atoms with Crippen LogP contribution in [0.3, 0.4) is 0 Å². The van der Waals surface area contributed by atoms with E-state index in [9.17, 15) is 4.79 Å². The molecule has 0 bridgehead atoms. The van der Waals surface area contributed by atoms with Crippen molar-refractivity contribution in [3.05, 3.63) is 22.7 Å². The number of aromatic amines is 1. The van der Waals surface area contributed by atoms with Crippen LogP contribution in [0.2, 0.25) is 0 Å². The Bertz CT molecular complexity index is 391. The van der Waals surface area contributed by atoms with E-state index in [0.717, 1.165) is 37.8 Å². The Kier molecular flexibility index (Phi) is 3.27. The minimum Gasteiger partial charge on any atom is -0.352 e. The first-order chi connectivity index (χ1) is 7.68. The molecule has 1 saturated heterocycles. The van der Waals surface area contributed by atoms with Gasteiger partial charge in [0.15, 0.2) is 5.82 Å². The van der Waals surface area contributed by atoms with Gasteiger partial charge in [-0.2, -0.15) is 0 Å². The van der Waals surface area contributed by atoms with Crippen LogP contribution in [0.1, 0.15) is 26.7 Å². The van der Waals surface area contributed by atoms with Crippen LogP contribution in [0.25, 0.3) is 0 Å². The molecule has 1 aromatic heterocycles. The highest BCUT2D eigenvalue weighted by Gasteiger charge is 2.23. The van der Waals surface area contributed by atoms with Crippen LogP contribution in [0, 0.1) is 11.8 Å². The van der Waals surface area contributed by atoms with Crippen molar-refractivity contribution in [2.45, 2.75) is 26.7 Å². The van der Waals surface area contributed by atoms with Crippen molar-refractivity contribution in [1.82, 2.24) is 9.97 Å². The van der Waals surface area contributed by atoms with Crippen molar-refractivity contribution in [3.63, 3.8) is 0 Å². The normalized spacial score (nSPS) is 18.1. The number of anilines is 1. The molecular formula is C12H19N3O. The van der Waals surface area contributed by atoms with E-state index in [1.165, 1.54) is 0 Å². The molecule has 0 radical (unpaired) electrons. The summed E-state index contributed by atoms with van der Waals surface area (Å²) >= 11 is 0. The van der Waals surface area contributed by atoms with E-state index < -0.39 is 0 Å². The summed E-state index contributed by atoms with van der Waals surface area (Å²) in [6.07, 6.45) is 5.54. The Morgan fingerprint density at radius 2 is 2.12 bits per heavy atom. The van der Waals surface area contributed by atoms with Gasteiger partial charge >= 0.3 is 0 Å². The Hall–Kier alpha value is -1.32. The lowest BCUT2D eigenvalue weighted by molar-refractivity contribution is 0.310. The van der Waals surface area contributed by atoms with Gasteiger partial charge in [0.2, 0.25) is 0 Å². The largest absolute Gasteiger partial charge is 0.352 e. The number of hydrogen-bond donors (Lipinski definition) is 1. The molecule has 1 aliphatic heterocycles. The van der Waals surface area contributed by atoms with Crippen LogP contribution >= 0.6 is 0 Å². The van der Waals surface area contributed by atoms with Crippen LogP contribution in [0.4, 0.5) is 5.82 Å². The molecule has 0 amide bonds. The third kappa shape index (κ3) is 2.26. The van der Waals surface area contributed by atoms with E-state index in [4.69, 9.17) is 0 Å². The molecule has 2 rings (SSSR count). The highest BCUT2D eigenvalue weighted by Crippen LogP contribution is 2.25. The molecule has 0 unspecified atom stereocenters. The first kappa shape index (κ1) is 11.2. The molecule has 2 heterocycles. The summed E-state index contributed by atoms with van der Waals surface area (Å²) in [4.78, 5) is 20.5. The summed E-state index contributed by atoms with van der Waals surface area (Å²) in [5.41, 5.74) is -0.0782. The number of piperidine rings is 1. The zero-order valence-corrected chi connectivity index (χ0v) is 9.94. The first-order valence-electron chi connectivity index (χ1n) is 5.97. The highest BCUT2D eigenvalue weighted by molar-refractivity contribution is 5.35. The molecule has 0 aliphatic carbocycles. The number of hydrogen-bond acceptors (Lipinski definition) is 3. The van der Waals surface area contributed by atoms with E-state index >= 15 is 0 Å². The summed E-state index contributed by atoms with van der Waals surface area (Å²) in [6.45, 7) is 6.44. The van der Waals surface area contributed by atoms with Crippen LogP contribution in [-0.2, 0) is 0 Å². The van der Waals surface area contributed by atoms with E-state index in [-0.39, 0.29) is 5.56 Å². The lowest BCUT2D eigenvalue weighted by atomic mass is 9.87. The predicted molar refractivity (Wildman–Crippen MR) is 64.6 cm³/mol. The molecule has 1 fully saturated rings. The monoisotopic (exact) mass is 221 g/mol. The van der Waals surface area contributed by atoms with E-state index in [1.54, 1.807) is 12.4 Å². The highest BCUT2D eigenvalue weighted by atomic mass is 16.1. The third-order valence-corrected chi connectivity index (χ3v) is 3.47. The summed E-state index contributed by atoms with van der Waals surface area (Å²) < 4.78 is 0. The van der Waals surface area contributed by atoms with Gasteiger partial charge in [0.1, 0.15) is 0 Å². The summed E-state index contributed by atoms with van der Waals surface area (Å²) in [5.74, 6) is 2.10. The van der Waals surface area contributed by atoms with Crippen molar-refractivity contribution in [2.24, 2.45) is 11.8 Å². The SMILES string of the molecule is CC(C)C1CCN(c2ncc[nH]c2=O)CC1. The maximum atomic E-state index is 11.6. The summed E-state index contributed by atoms with van der Waals surface area (Å²) in [6, 6.07) is 0. The smallest absolute Gasteiger partial charge is 0.290 e. The molecule has 1 N–H and O–H groups in total. The fourth-order valence-corrected chi connectivity index (χ4v) is 2.35. The Labute approximate surface area is 95.7 Å². The second-order valence-electron chi connectivity index (χ2n) is 4.81. The van der Waals surface area contributed by atoms with E-state index in [2.05, 4.69) is 28.7 Å². The average Bonchev–Trinajstić information content (AvgIpc) is 2.30. The predicted octanol–water partition coefficient (Wildman–Crippen LogP) is 1.64. The molecule has 16 heavy (non-hydrogen) atoms. The third-order valence-electron chi connectivity index (χ3n) is 3.47. The molecule has 0 atom stereocenters. The lowest BCUT2D eigenvalue weighted by Crippen LogP contribution is -2.38. The average molecular weight is 221 g/mol. The lowest BCUT2D eigenvalue weighted by Gasteiger charge is -2.33. The number of rotatable bonds is 2. The molecule has 4 heteroatoms. The van der Waals surface area contributed by atoms with E-state index in [1.807, 2.05) is 0 Å². The molecule has 1 aliphatic rings. The number of nitrogens with one attached hydrogen (secondary N) is 1. The van der Waals surface area contributed by atoms with Crippen molar-refractivity contribution >= 4 is 5.82 Å². The van der Waals surface area contributed by atoms with Gasteiger partial charge in [-0.25, -0.2) is 4.98 Å². The maximum Gasteiger partial charge on any atom is 0.290 e. The van der Waals surface area contributed by atoms with Gasteiger partial charge in [-0.1, -0.05) is 13.8 Å². The fraction of sp³-hybridized carbons (Fsp3) is 0.667. The molecule has 4 nitrogen and oxygen atoms in total. The molecule has 88 valence electrons. The van der Waals surface area contributed by atoms with Crippen LogP contribution in [-0.4, -0.2) is 23.1 Å². The van der Waals surface area contributed by atoms with Gasteiger partial charge in [-0.15, -0.1) is 0 Å². The minimum atomic E-state index is -0.0782. The Morgan fingerprint density at radius 1 is 1.44 bits per heavy atom. The van der Waals surface area contributed by atoms with Gasteiger partial charge in [-0.05, 0) is 24.7 Å². The second-order valence-corrected chi connectivity index (χ2v) is 4.81. The Morgan fingerprint density at radius 3 is 2.69 bits per heavy atom. The van der Waals surface area contributed by atoms with Gasteiger partial charge in [0, 0.05) is 25.5 Å². The van der Waals surface area contributed by atoms with Gasteiger partial charge in [0.05, 0.1) is 0 Å². The van der Waals surface area contributed by atoms with Gasteiger partial charge < -0.3 is 9.88 Å². The van der Waals surface area contributed by atoms with Crippen LogP contribution in [0.5, 0.6) is 0 Å². The van der Waals surface area contributed by atoms with Crippen LogP contribution < -0.4 is 10.5 Å². The molecule has 0 saturated carbocycles. The van der Waals surface area contributed by atoms with Crippen molar-refractivity contribution in [3.8, 4) is 0 Å². The molecule has 1 aromatic rings. The number of H-pyrrole nitrogens is 1. The molecule has 0 spiro atoms. The minimum absolute atomic E-state index is 0.0782. The topological polar surface area (TPSA) is 49.0 Å². The number of aromatic nitrogens is 2. The van der Waals surface area contributed by atoms with E-state index in [0.29, 0.717) is 5.82 Å². The van der Waals surface area contributed by atoms with Gasteiger partial charge in [-0.3, -0.25) is 4.79 Å². The summed E-state index contributed by atoms with van der Waals surface area (Å²) in [5, 5.41) is 0. The zero-order valence-electron chi connectivity index (χ0n) is 9.94. The van der Waals surface area contributed by atoms with Crippen molar-refractivity contribution in [1.29, 1.82) is 0 Å². The quantitative estimate of drug-likeness (QED) is 0.826. The van der Waals surface area contributed by atoms with Crippen molar-refractivity contribution < 1.29 is 0 Å².